The molecule has 0 aromatic carbocycles. The molecule has 1 unspecified atom stereocenters. The van der Waals surface area contributed by atoms with Crippen molar-refractivity contribution in [1.82, 2.24) is 0 Å². The van der Waals surface area contributed by atoms with Gasteiger partial charge in [-0.05, 0) is 6.42 Å². The van der Waals surface area contributed by atoms with E-state index in [1.54, 1.807) is 29.9 Å². The number of hydrogen-bond acceptors (Lipinski definition) is 4. The van der Waals surface area contributed by atoms with Gasteiger partial charge in [-0.2, -0.15) is 5.90 Å². The van der Waals surface area contributed by atoms with Crippen molar-refractivity contribution >= 4 is 29.0 Å². The van der Waals surface area contributed by atoms with Gasteiger partial charge < -0.3 is 7.90 Å². The highest BCUT2D eigenvalue weighted by molar-refractivity contribution is 14.1. The van der Waals surface area contributed by atoms with Gasteiger partial charge in [-0.15, -0.1) is 0 Å². The predicted octanol–water partition coefficient (Wildman–Crippen LogP) is 0.549. The normalized spacial score (nSPS) is 12.8. The minimum atomic E-state index is -0.535. The summed E-state index contributed by atoms with van der Waals surface area (Å²) >= 11 is 1.63. The van der Waals surface area contributed by atoms with E-state index < -0.39 is 12.1 Å². The Kier molecular flexibility index (Phi) is 5.02. The Labute approximate surface area is 67.3 Å². The second kappa shape index (κ2) is 4.95. The average Bonchev–Trinajstić information content (AvgIpc) is 1.90. The van der Waals surface area contributed by atoms with Gasteiger partial charge in [-0.25, -0.2) is 4.79 Å². The van der Waals surface area contributed by atoms with Crippen molar-refractivity contribution in [3.05, 3.63) is 0 Å². The fourth-order valence-corrected chi connectivity index (χ4v) is 0.909. The highest BCUT2D eigenvalue weighted by atomic mass is 127. The van der Waals surface area contributed by atoms with Crippen molar-refractivity contribution < 1.29 is 12.7 Å². The van der Waals surface area contributed by atoms with Gasteiger partial charge >= 0.3 is 5.97 Å². The lowest BCUT2D eigenvalue weighted by atomic mass is 10.3. The summed E-state index contributed by atoms with van der Waals surface area (Å²) in [6.07, 6.45) is 0.0366. The van der Waals surface area contributed by atoms with Crippen LogP contribution in [0.15, 0.2) is 0 Å². The molecule has 1 atom stereocenters. The number of rotatable bonds is 3. The zero-order chi connectivity index (χ0) is 7.28. The molecule has 54 valence electrons. The van der Waals surface area contributed by atoms with E-state index in [2.05, 4.69) is 13.8 Å². The fraction of sp³-hybridized carbons (Fsp3) is 0.750. The summed E-state index contributed by atoms with van der Waals surface area (Å²) in [5.41, 5.74) is 0. The van der Waals surface area contributed by atoms with Gasteiger partial charge in [-0.1, -0.05) is 6.92 Å². The first kappa shape index (κ1) is 9.12. The van der Waals surface area contributed by atoms with Crippen LogP contribution in [-0.4, -0.2) is 12.1 Å². The molecule has 4 nitrogen and oxygen atoms in total. The smallest absolute Gasteiger partial charge is 0.354 e. The zero-order valence-electron chi connectivity index (χ0n) is 4.96. The molecule has 0 bridgehead atoms. The molecule has 0 aliphatic carbocycles. The van der Waals surface area contributed by atoms with Crippen LogP contribution in [0.4, 0.5) is 0 Å². The van der Waals surface area contributed by atoms with E-state index in [1.807, 2.05) is 0 Å². The summed E-state index contributed by atoms with van der Waals surface area (Å²) in [5, 5.41) is 0. The fourth-order valence-electron chi connectivity index (χ4n) is 0.342. The molecule has 0 aromatic heterocycles. The summed E-state index contributed by atoms with van der Waals surface area (Å²) in [4.78, 5) is 14.4. The third-order valence-corrected chi connectivity index (χ3v) is 1.47. The number of halogens is 1. The number of nitrogens with two attached hydrogens (primary N) is 1. The monoisotopic (exact) mass is 245 g/mol. The van der Waals surface area contributed by atoms with Crippen molar-refractivity contribution in [3.63, 3.8) is 0 Å². The predicted molar refractivity (Wildman–Crippen MR) is 39.5 cm³/mol. The number of carbonyl (C=O) groups is 1. The summed E-state index contributed by atoms with van der Waals surface area (Å²) < 4.78 is 4.67. The maximum absolute atomic E-state index is 10.5. The quantitative estimate of drug-likeness (QED) is 0.582. The Balaban J connectivity index is 3.64. The number of carbonyl (C=O) groups excluding carboxylic acids is 1. The number of hydrogen-bond donors (Lipinski definition) is 1. The molecule has 0 aromatic rings. The van der Waals surface area contributed by atoms with E-state index in [0.717, 1.165) is 0 Å². The van der Waals surface area contributed by atoms with E-state index in [0.29, 0.717) is 6.42 Å². The van der Waals surface area contributed by atoms with Crippen LogP contribution in [0.5, 0.6) is 0 Å². The summed E-state index contributed by atoms with van der Waals surface area (Å²) in [6.45, 7) is 1.81. The van der Waals surface area contributed by atoms with Gasteiger partial charge in [0.1, 0.15) is 23.0 Å². The van der Waals surface area contributed by atoms with Crippen LogP contribution in [0.25, 0.3) is 0 Å². The molecular weight excluding hydrogens is 237 g/mol. The molecule has 0 spiro atoms. The van der Waals surface area contributed by atoms with E-state index in [4.69, 9.17) is 0 Å². The van der Waals surface area contributed by atoms with Crippen LogP contribution in [0.2, 0.25) is 0 Å². The van der Waals surface area contributed by atoms with Crippen molar-refractivity contribution in [2.45, 2.75) is 19.4 Å². The Morgan fingerprint density at radius 2 is 2.44 bits per heavy atom. The van der Waals surface area contributed by atoms with Crippen LogP contribution < -0.4 is 5.90 Å². The van der Waals surface area contributed by atoms with Crippen LogP contribution in [-0.2, 0) is 12.7 Å². The van der Waals surface area contributed by atoms with Crippen molar-refractivity contribution in [2.75, 3.05) is 0 Å². The molecule has 0 fully saturated rings. The van der Waals surface area contributed by atoms with Crippen LogP contribution in [0, 0.1) is 0 Å². The highest BCUT2D eigenvalue weighted by Gasteiger charge is 2.16. The van der Waals surface area contributed by atoms with Crippen LogP contribution in [0.3, 0.4) is 0 Å². The molecular formula is C4H8INO3. The lowest BCUT2D eigenvalue weighted by Crippen LogP contribution is -2.25. The van der Waals surface area contributed by atoms with Gasteiger partial charge in [0.05, 0.1) is 0 Å². The Morgan fingerprint density at radius 1 is 1.89 bits per heavy atom. The molecule has 0 aliphatic heterocycles. The van der Waals surface area contributed by atoms with E-state index in [9.17, 15) is 4.79 Å². The first-order valence-electron chi connectivity index (χ1n) is 2.44. The molecule has 0 heterocycles. The lowest BCUT2D eigenvalue weighted by molar-refractivity contribution is -0.151. The van der Waals surface area contributed by atoms with E-state index >= 15 is 0 Å². The van der Waals surface area contributed by atoms with Gasteiger partial charge in [-0.3, -0.25) is 0 Å². The first-order chi connectivity index (χ1) is 4.26. The second-order valence-corrected chi connectivity index (χ2v) is 1.93. The lowest BCUT2D eigenvalue weighted by Gasteiger charge is -2.05. The highest BCUT2D eigenvalue weighted by Crippen LogP contribution is 2.03. The van der Waals surface area contributed by atoms with Crippen molar-refractivity contribution in [3.8, 4) is 0 Å². The van der Waals surface area contributed by atoms with Gasteiger partial charge in [0.2, 0.25) is 0 Å². The maximum Gasteiger partial charge on any atom is 0.354 e. The van der Waals surface area contributed by atoms with Gasteiger partial charge in [0.15, 0.2) is 6.10 Å². The molecule has 0 saturated heterocycles. The standard InChI is InChI=1S/C4H8INO3/c1-2-3(8-5)4(7)9-6/h3H,2,6H2,1H3. The summed E-state index contributed by atoms with van der Waals surface area (Å²) in [6, 6.07) is 0. The summed E-state index contributed by atoms with van der Waals surface area (Å²) in [5.74, 6) is 4.06. The zero-order valence-corrected chi connectivity index (χ0v) is 7.12. The van der Waals surface area contributed by atoms with Crippen molar-refractivity contribution in [1.29, 1.82) is 0 Å². The van der Waals surface area contributed by atoms with Gasteiger partial charge in [0.25, 0.3) is 0 Å². The average molecular weight is 245 g/mol. The molecule has 0 radical (unpaired) electrons. The minimum Gasteiger partial charge on any atom is -0.371 e. The Hall–Kier alpha value is 0.120. The van der Waals surface area contributed by atoms with E-state index in [1.165, 1.54) is 0 Å². The first-order valence-corrected chi connectivity index (χ1v) is 3.32. The molecule has 2 N–H and O–H groups in total. The van der Waals surface area contributed by atoms with Gasteiger partial charge in [0, 0.05) is 0 Å². The van der Waals surface area contributed by atoms with Crippen molar-refractivity contribution in [2.24, 2.45) is 5.90 Å². The maximum atomic E-state index is 10.5. The molecule has 5 heteroatoms. The van der Waals surface area contributed by atoms with Crippen LogP contribution in [0.1, 0.15) is 13.3 Å². The molecule has 0 aliphatic rings. The minimum absolute atomic E-state index is 0.532. The molecule has 0 saturated carbocycles. The third-order valence-electron chi connectivity index (χ3n) is 0.857. The Bertz CT molecular complexity index is 93.8. The topological polar surface area (TPSA) is 61.5 Å². The summed E-state index contributed by atoms with van der Waals surface area (Å²) in [7, 11) is 0. The largest absolute Gasteiger partial charge is 0.371 e. The molecule has 9 heavy (non-hydrogen) atoms. The Morgan fingerprint density at radius 3 is 2.56 bits per heavy atom. The van der Waals surface area contributed by atoms with E-state index in [-0.39, 0.29) is 0 Å². The molecule has 0 rings (SSSR count). The van der Waals surface area contributed by atoms with Crippen LogP contribution >= 0.6 is 23.0 Å². The second-order valence-electron chi connectivity index (χ2n) is 1.42. The SMILES string of the molecule is CCC(OI)C(=O)ON. The molecule has 0 amide bonds. The third kappa shape index (κ3) is 2.97.